The Bertz CT molecular complexity index is 679. The molecule has 1 atom stereocenters. The van der Waals surface area contributed by atoms with Crippen molar-refractivity contribution in [1.29, 1.82) is 0 Å². The van der Waals surface area contributed by atoms with Crippen LogP contribution in [0.4, 0.5) is 4.79 Å². The Kier molecular flexibility index (Phi) is 4.56. The second-order valence-electron chi connectivity index (χ2n) is 6.70. The number of imide groups is 1. The number of urea groups is 1. The van der Waals surface area contributed by atoms with E-state index in [0.717, 1.165) is 31.1 Å². The van der Waals surface area contributed by atoms with Gasteiger partial charge in [-0.25, -0.2) is 9.37 Å². The molecule has 3 aliphatic rings. The van der Waals surface area contributed by atoms with Gasteiger partial charge in [0.1, 0.15) is 6.54 Å². The second kappa shape index (κ2) is 6.52. The van der Waals surface area contributed by atoms with Crippen LogP contribution in [0.2, 0.25) is 0 Å². The van der Waals surface area contributed by atoms with Crippen molar-refractivity contribution in [2.75, 3.05) is 60.4 Å². The van der Waals surface area contributed by atoms with Crippen LogP contribution in [0.25, 0.3) is 0 Å². The lowest BCUT2D eigenvalue weighted by molar-refractivity contribution is -0.525. The van der Waals surface area contributed by atoms with Crippen molar-refractivity contribution in [3.05, 3.63) is 0 Å². The van der Waals surface area contributed by atoms with Crippen molar-refractivity contribution in [2.45, 2.75) is 6.04 Å². The van der Waals surface area contributed by atoms with Crippen molar-refractivity contribution in [3.63, 3.8) is 0 Å². The number of carbonyl (C=O) groups is 3. The monoisotopic (exact) mass is 350 g/mol. The molecule has 0 bridgehead atoms. The van der Waals surface area contributed by atoms with Gasteiger partial charge in [0.05, 0.1) is 0 Å². The van der Waals surface area contributed by atoms with E-state index in [-0.39, 0.29) is 6.54 Å². The summed E-state index contributed by atoms with van der Waals surface area (Å²) in [5.41, 5.74) is 5.38. The number of nitrogens with zero attached hydrogens (tertiary/aromatic N) is 6. The Balaban J connectivity index is 1.91. The van der Waals surface area contributed by atoms with E-state index >= 15 is 0 Å². The predicted molar refractivity (Wildman–Crippen MR) is 90.4 cm³/mol. The highest BCUT2D eigenvalue weighted by Gasteiger charge is 2.53. The van der Waals surface area contributed by atoms with Crippen LogP contribution in [0, 0.1) is 0 Å². The van der Waals surface area contributed by atoms with Crippen molar-refractivity contribution in [1.82, 2.24) is 19.6 Å². The van der Waals surface area contributed by atoms with Gasteiger partial charge in [-0.1, -0.05) is 0 Å². The molecule has 1 unspecified atom stereocenters. The number of fused-ring (bicyclic) bond motifs is 1. The van der Waals surface area contributed by atoms with Gasteiger partial charge in [0.25, 0.3) is 23.7 Å². The summed E-state index contributed by atoms with van der Waals surface area (Å²) < 4.78 is 1.62. The topological polar surface area (TPSA) is 106 Å². The summed E-state index contributed by atoms with van der Waals surface area (Å²) in [6.45, 7) is 4.06. The molecule has 2 N–H and O–H groups in total. The van der Waals surface area contributed by atoms with E-state index in [9.17, 15) is 14.4 Å². The van der Waals surface area contributed by atoms with E-state index in [1.807, 2.05) is 0 Å². The number of nitrogens with two attached hydrogens (primary N) is 1. The maximum absolute atomic E-state index is 12.6. The second-order valence-corrected chi connectivity index (χ2v) is 6.70. The maximum Gasteiger partial charge on any atom is 0.333 e. The first-order chi connectivity index (χ1) is 11.8. The zero-order valence-corrected chi connectivity index (χ0v) is 14.8. The van der Waals surface area contributed by atoms with Gasteiger partial charge in [-0.2, -0.15) is 0 Å². The highest BCUT2D eigenvalue weighted by atomic mass is 16.2. The third-order valence-corrected chi connectivity index (χ3v) is 4.90. The average Bonchev–Trinajstić information content (AvgIpc) is 2.91. The molecule has 10 nitrogen and oxygen atoms in total. The van der Waals surface area contributed by atoms with Crippen molar-refractivity contribution >= 4 is 29.5 Å². The minimum absolute atomic E-state index is 0.109. The summed E-state index contributed by atoms with van der Waals surface area (Å²) >= 11 is 0. The molecule has 0 aromatic heterocycles. The number of amidine groups is 2. The smallest absolute Gasteiger partial charge is 0.333 e. The Morgan fingerprint density at radius 1 is 1.16 bits per heavy atom. The lowest BCUT2D eigenvalue weighted by Crippen LogP contribution is -2.62. The quantitative estimate of drug-likeness (QED) is 0.561. The SMILES string of the molecule is CN1CCN(CC2=[N+](CC(N)=O)C3C(=O)N(C)C(=O)N(C)C3=N2)CC1. The van der Waals surface area contributed by atoms with Gasteiger partial charge in [0.2, 0.25) is 0 Å². The van der Waals surface area contributed by atoms with Crippen LogP contribution >= 0.6 is 0 Å². The zero-order valence-electron chi connectivity index (χ0n) is 14.8. The Labute approximate surface area is 146 Å². The fourth-order valence-electron chi connectivity index (χ4n) is 3.33. The number of primary amides is 1. The standard InChI is InChI=1S/C15H23N7O3/c1-18-4-6-21(7-5-18)9-11-17-13-12(22(11)8-10(16)23)14(24)20(3)15(25)19(13)2/h12H,4-9H2,1-3H3,(H-,16,23)/p+1. The first-order valence-corrected chi connectivity index (χ1v) is 8.25. The lowest BCUT2D eigenvalue weighted by atomic mass is 10.1. The largest absolute Gasteiger partial charge is 0.366 e. The van der Waals surface area contributed by atoms with Crippen LogP contribution in [0.1, 0.15) is 0 Å². The molecular formula is C15H24N7O3+. The molecule has 2 saturated heterocycles. The van der Waals surface area contributed by atoms with Crippen molar-refractivity contribution in [3.8, 4) is 0 Å². The molecule has 3 aliphatic heterocycles. The van der Waals surface area contributed by atoms with E-state index < -0.39 is 23.9 Å². The van der Waals surface area contributed by atoms with Gasteiger partial charge in [-0.3, -0.25) is 24.3 Å². The lowest BCUT2D eigenvalue weighted by Gasteiger charge is -2.31. The molecule has 10 heteroatoms. The number of hydrogen-bond donors (Lipinski definition) is 1. The molecule has 0 spiro atoms. The molecule has 2 fully saturated rings. The van der Waals surface area contributed by atoms with Gasteiger partial charge in [0.15, 0.2) is 6.54 Å². The van der Waals surface area contributed by atoms with E-state index in [0.29, 0.717) is 18.2 Å². The Morgan fingerprint density at radius 2 is 1.80 bits per heavy atom. The molecule has 3 heterocycles. The normalized spacial score (nSPS) is 25.6. The number of amides is 4. The molecule has 0 aromatic rings. The average molecular weight is 350 g/mol. The molecule has 25 heavy (non-hydrogen) atoms. The number of hydrogen-bond acceptors (Lipinski definition) is 6. The first-order valence-electron chi connectivity index (χ1n) is 8.25. The van der Waals surface area contributed by atoms with Crippen LogP contribution < -0.4 is 5.73 Å². The number of likely N-dealkylation sites (N-methyl/N-ethyl adjacent to an activating group) is 3. The number of rotatable bonds is 4. The highest BCUT2D eigenvalue weighted by molar-refractivity contribution is 6.23. The van der Waals surface area contributed by atoms with Crippen LogP contribution in [0.3, 0.4) is 0 Å². The predicted octanol–water partition coefficient (Wildman–Crippen LogP) is -2.57. The maximum atomic E-state index is 12.6. The summed E-state index contributed by atoms with van der Waals surface area (Å²) in [5.74, 6) is 0.0314. The fourth-order valence-corrected chi connectivity index (χ4v) is 3.33. The summed E-state index contributed by atoms with van der Waals surface area (Å²) in [4.78, 5) is 47.7. The summed E-state index contributed by atoms with van der Waals surface area (Å²) in [6.07, 6.45) is 0. The van der Waals surface area contributed by atoms with E-state index in [2.05, 4.69) is 21.8 Å². The van der Waals surface area contributed by atoms with Crippen molar-refractivity contribution in [2.24, 2.45) is 10.7 Å². The van der Waals surface area contributed by atoms with E-state index in [1.54, 1.807) is 11.6 Å². The van der Waals surface area contributed by atoms with E-state index in [1.165, 1.54) is 11.9 Å². The molecular weight excluding hydrogens is 326 g/mol. The van der Waals surface area contributed by atoms with Crippen molar-refractivity contribution < 1.29 is 19.0 Å². The molecule has 4 amide bonds. The van der Waals surface area contributed by atoms with Crippen LogP contribution in [0.5, 0.6) is 0 Å². The zero-order chi connectivity index (χ0) is 18.3. The van der Waals surface area contributed by atoms with Crippen LogP contribution in [0.15, 0.2) is 4.99 Å². The van der Waals surface area contributed by atoms with E-state index in [4.69, 9.17) is 5.73 Å². The molecule has 0 saturated carbocycles. The summed E-state index contributed by atoms with van der Waals surface area (Å²) in [5, 5.41) is 0. The Hall–Kier alpha value is -2.33. The summed E-state index contributed by atoms with van der Waals surface area (Å²) in [6, 6.07) is -1.21. The third-order valence-electron chi connectivity index (χ3n) is 4.90. The molecule has 136 valence electrons. The fraction of sp³-hybridized carbons (Fsp3) is 0.667. The highest BCUT2D eigenvalue weighted by Crippen LogP contribution is 2.19. The van der Waals surface area contributed by atoms with Gasteiger partial charge in [0, 0.05) is 40.3 Å². The Morgan fingerprint density at radius 3 is 2.40 bits per heavy atom. The third kappa shape index (κ3) is 3.14. The first kappa shape index (κ1) is 17.5. The molecule has 0 aromatic carbocycles. The molecule has 0 radical (unpaired) electrons. The minimum Gasteiger partial charge on any atom is -0.366 e. The number of piperazine rings is 1. The number of aliphatic imine (C=N–C) groups is 1. The molecule has 0 aliphatic carbocycles. The van der Waals surface area contributed by atoms with Gasteiger partial charge >= 0.3 is 11.9 Å². The minimum atomic E-state index is -0.775. The summed E-state index contributed by atoms with van der Waals surface area (Å²) in [7, 11) is 5.08. The molecule has 3 rings (SSSR count). The van der Waals surface area contributed by atoms with Gasteiger partial charge < -0.3 is 10.6 Å². The van der Waals surface area contributed by atoms with Gasteiger partial charge in [-0.15, -0.1) is 0 Å². The van der Waals surface area contributed by atoms with Crippen LogP contribution in [-0.2, 0) is 9.59 Å². The van der Waals surface area contributed by atoms with Crippen LogP contribution in [-0.4, -0.2) is 120 Å². The number of carbonyl (C=O) groups excluding carboxylic acids is 3. The van der Waals surface area contributed by atoms with Gasteiger partial charge in [-0.05, 0) is 12.0 Å².